The molecule has 0 saturated heterocycles. The first-order chi connectivity index (χ1) is 6.86. The van der Waals surface area contributed by atoms with Gasteiger partial charge in [0.05, 0.1) is 12.2 Å². The largest absolute Gasteiger partial charge is 0.275 e. The molecule has 0 radical (unpaired) electrons. The summed E-state index contributed by atoms with van der Waals surface area (Å²) >= 11 is 0. The predicted molar refractivity (Wildman–Crippen MR) is 58.2 cm³/mol. The third-order valence-corrected chi connectivity index (χ3v) is 3.02. The highest BCUT2D eigenvalue weighted by molar-refractivity contribution is 5.38. The van der Waals surface area contributed by atoms with Crippen molar-refractivity contribution in [3.05, 3.63) is 23.9 Å². The van der Waals surface area contributed by atoms with Crippen LogP contribution in [0.3, 0.4) is 0 Å². The molecule has 0 bridgehead atoms. The van der Waals surface area contributed by atoms with Crippen LogP contribution in [0.4, 0.5) is 5.82 Å². The molecule has 2 nitrogen and oxygen atoms in total. The fraction of sp³-hybridized carbons (Fsp3) is 0.583. The molecular formula is C12H19N2+. The quantitative estimate of drug-likeness (QED) is 0.764. The van der Waals surface area contributed by atoms with E-state index in [1.807, 2.05) is 12.3 Å². The number of aromatic amines is 1. The van der Waals surface area contributed by atoms with E-state index < -0.39 is 0 Å². The van der Waals surface area contributed by atoms with E-state index in [1.165, 1.54) is 43.5 Å². The first-order valence-electron chi connectivity index (χ1n) is 5.60. The van der Waals surface area contributed by atoms with Crippen LogP contribution < -0.4 is 10.3 Å². The summed E-state index contributed by atoms with van der Waals surface area (Å²) in [5.41, 5.74) is 1.30. The molecule has 0 atom stereocenters. The first kappa shape index (κ1) is 9.50. The summed E-state index contributed by atoms with van der Waals surface area (Å²) in [6.45, 7) is 2.14. The number of aromatic nitrogens is 1. The molecule has 1 fully saturated rings. The van der Waals surface area contributed by atoms with Crippen LogP contribution >= 0.6 is 0 Å². The van der Waals surface area contributed by atoms with Crippen molar-refractivity contribution in [1.82, 2.24) is 0 Å². The highest BCUT2D eigenvalue weighted by atomic mass is 15.0. The number of pyridine rings is 1. The average Bonchev–Trinajstić information content (AvgIpc) is 2.23. The van der Waals surface area contributed by atoms with Gasteiger partial charge in [0.25, 0.3) is 5.82 Å². The lowest BCUT2D eigenvalue weighted by molar-refractivity contribution is -0.362. The normalized spacial score (nSPS) is 18.1. The molecule has 14 heavy (non-hydrogen) atoms. The van der Waals surface area contributed by atoms with Crippen molar-refractivity contribution in [2.75, 3.05) is 5.32 Å². The van der Waals surface area contributed by atoms with Gasteiger partial charge in [0.15, 0.2) is 0 Å². The van der Waals surface area contributed by atoms with Gasteiger partial charge in [0.1, 0.15) is 0 Å². The van der Waals surface area contributed by atoms with Crippen LogP contribution in [0.5, 0.6) is 0 Å². The molecule has 2 heteroatoms. The third-order valence-electron chi connectivity index (χ3n) is 3.02. The Hall–Kier alpha value is -1.05. The van der Waals surface area contributed by atoms with Gasteiger partial charge in [-0.25, -0.2) is 4.98 Å². The predicted octanol–water partition coefficient (Wildman–Crippen LogP) is 2.55. The molecule has 0 unspecified atom stereocenters. The Kier molecular flexibility index (Phi) is 3.02. The SMILES string of the molecule is Cc1ccc[nH+]c1NC1CCCCC1. The van der Waals surface area contributed by atoms with E-state index in [2.05, 4.69) is 23.3 Å². The van der Waals surface area contributed by atoms with E-state index >= 15 is 0 Å². The number of rotatable bonds is 2. The van der Waals surface area contributed by atoms with Crippen molar-refractivity contribution in [3.8, 4) is 0 Å². The minimum Gasteiger partial charge on any atom is -0.272 e. The molecule has 0 aromatic carbocycles. The van der Waals surface area contributed by atoms with Gasteiger partial charge in [-0.2, -0.15) is 0 Å². The maximum atomic E-state index is 3.59. The van der Waals surface area contributed by atoms with Crippen molar-refractivity contribution >= 4 is 5.82 Å². The van der Waals surface area contributed by atoms with Crippen LogP contribution in [-0.2, 0) is 0 Å². The molecule has 1 aromatic rings. The van der Waals surface area contributed by atoms with Gasteiger partial charge in [-0.1, -0.05) is 6.42 Å². The lowest BCUT2D eigenvalue weighted by Gasteiger charge is -2.19. The average molecular weight is 191 g/mol. The minimum atomic E-state index is 0.682. The van der Waals surface area contributed by atoms with Crippen molar-refractivity contribution in [1.29, 1.82) is 0 Å². The van der Waals surface area contributed by atoms with Crippen LogP contribution in [-0.4, -0.2) is 6.04 Å². The number of anilines is 1. The van der Waals surface area contributed by atoms with Crippen molar-refractivity contribution in [2.24, 2.45) is 0 Å². The summed E-state index contributed by atoms with van der Waals surface area (Å²) in [5, 5.41) is 3.59. The van der Waals surface area contributed by atoms with E-state index in [0.717, 1.165) is 0 Å². The van der Waals surface area contributed by atoms with Crippen molar-refractivity contribution in [3.63, 3.8) is 0 Å². The Morgan fingerprint density at radius 1 is 1.29 bits per heavy atom. The fourth-order valence-corrected chi connectivity index (χ4v) is 2.13. The summed E-state index contributed by atoms with van der Waals surface area (Å²) in [4.78, 5) is 3.27. The van der Waals surface area contributed by atoms with Crippen LogP contribution in [0.2, 0.25) is 0 Å². The summed E-state index contributed by atoms with van der Waals surface area (Å²) in [6.07, 6.45) is 8.80. The molecule has 0 aliphatic heterocycles. The van der Waals surface area contributed by atoms with Gasteiger partial charge in [-0.05, 0) is 44.7 Å². The monoisotopic (exact) mass is 191 g/mol. The van der Waals surface area contributed by atoms with Gasteiger partial charge in [-0.15, -0.1) is 0 Å². The minimum absolute atomic E-state index is 0.682. The summed E-state index contributed by atoms with van der Waals surface area (Å²) in [6, 6.07) is 4.87. The first-order valence-corrected chi connectivity index (χ1v) is 5.60. The maximum absolute atomic E-state index is 3.59. The number of aryl methyl sites for hydroxylation is 1. The van der Waals surface area contributed by atoms with Gasteiger partial charge < -0.3 is 0 Å². The molecule has 1 aliphatic carbocycles. The van der Waals surface area contributed by atoms with Gasteiger partial charge in [0.2, 0.25) is 0 Å². The second kappa shape index (κ2) is 4.45. The molecule has 2 N–H and O–H groups in total. The Labute approximate surface area is 85.7 Å². The fourth-order valence-electron chi connectivity index (χ4n) is 2.13. The third kappa shape index (κ3) is 2.25. The number of nitrogens with one attached hydrogen (secondary N) is 2. The second-order valence-corrected chi connectivity index (χ2v) is 4.21. The van der Waals surface area contributed by atoms with E-state index in [1.54, 1.807) is 0 Å². The number of hydrogen-bond donors (Lipinski definition) is 1. The maximum Gasteiger partial charge on any atom is 0.275 e. The van der Waals surface area contributed by atoms with Crippen LogP contribution in [0, 0.1) is 6.92 Å². The molecule has 1 aliphatic rings. The molecule has 1 heterocycles. The lowest BCUT2D eigenvalue weighted by atomic mass is 9.95. The topological polar surface area (TPSA) is 26.2 Å². The molecular weight excluding hydrogens is 172 g/mol. The Balaban J connectivity index is 1.99. The van der Waals surface area contributed by atoms with Gasteiger partial charge >= 0.3 is 0 Å². The Morgan fingerprint density at radius 3 is 2.79 bits per heavy atom. The Morgan fingerprint density at radius 2 is 2.07 bits per heavy atom. The Bertz CT molecular complexity index is 290. The smallest absolute Gasteiger partial charge is 0.272 e. The van der Waals surface area contributed by atoms with Crippen LogP contribution in [0.1, 0.15) is 37.7 Å². The van der Waals surface area contributed by atoms with Gasteiger partial charge in [0, 0.05) is 5.56 Å². The number of H-pyrrole nitrogens is 1. The molecule has 0 amide bonds. The van der Waals surface area contributed by atoms with E-state index in [0.29, 0.717) is 6.04 Å². The summed E-state index contributed by atoms with van der Waals surface area (Å²) in [5.74, 6) is 1.19. The number of hydrogen-bond acceptors (Lipinski definition) is 1. The van der Waals surface area contributed by atoms with E-state index in [4.69, 9.17) is 0 Å². The molecule has 76 valence electrons. The zero-order valence-corrected chi connectivity index (χ0v) is 8.84. The van der Waals surface area contributed by atoms with Crippen molar-refractivity contribution in [2.45, 2.75) is 45.1 Å². The zero-order chi connectivity index (χ0) is 9.80. The highest BCUT2D eigenvalue weighted by Crippen LogP contribution is 2.20. The highest BCUT2D eigenvalue weighted by Gasteiger charge is 2.18. The van der Waals surface area contributed by atoms with E-state index in [9.17, 15) is 0 Å². The molecule has 1 saturated carbocycles. The van der Waals surface area contributed by atoms with Crippen molar-refractivity contribution < 1.29 is 4.98 Å². The summed E-state index contributed by atoms with van der Waals surface area (Å²) < 4.78 is 0. The molecule has 2 rings (SSSR count). The summed E-state index contributed by atoms with van der Waals surface area (Å²) in [7, 11) is 0. The standard InChI is InChI=1S/C12H18N2/c1-10-6-5-9-13-12(10)14-11-7-3-2-4-8-11/h5-6,9,11H,2-4,7-8H2,1H3,(H,13,14)/p+1. The van der Waals surface area contributed by atoms with E-state index in [-0.39, 0.29) is 0 Å². The molecule has 1 aromatic heterocycles. The lowest BCUT2D eigenvalue weighted by Crippen LogP contribution is -2.26. The van der Waals surface area contributed by atoms with Gasteiger partial charge in [-0.3, -0.25) is 5.32 Å². The van der Waals surface area contributed by atoms with Crippen LogP contribution in [0.25, 0.3) is 0 Å². The molecule has 0 spiro atoms. The van der Waals surface area contributed by atoms with Crippen LogP contribution in [0.15, 0.2) is 18.3 Å². The zero-order valence-electron chi connectivity index (χ0n) is 8.84. The second-order valence-electron chi connectivity index (χ2n) is 4.21.